The highest BCUT2D eigenvalue weighted by Crippen LogP contribution is 2.32. The Morgan fingerprint density at radius 2 is 1.66 bits per heavy atom. The predicted molar refractivity (Wildman–Crippen MR) is 117 cm³/mol. The first kappa shape index (κ1) is 23.2. The highest BCUT2D eigenvalue weighted by molar-refractivity contribution is 7.89. The number of ether oxygens (including phenoxy) is 2. The van der Waals surface area contributed by atoms with E-state index < -0.39 is 15.9 Å². The summed E-state index contributed by atoms with van der Waals surface area (Å²) in [6.07, 6.45) is 0. The number of nitrogens with zero attached hydrogens (tertiary/aromatic N) is 3. The van der Waals surface area contributed by atoms with Gasteiger partial charge in [0.05, 0.1) is 18.1 Å². The van der Waals surface area contributed by atoms with Gasteiger partial charge in [0.15, 0.2) is 11.5 Å². The molecule has 1 aromatic heterocycles. The van der Waals surface area contributed by atoms with Crippen molar-refractivity contribution in [2.24, 2.45) is 0 Å². The van der Waals surface area contributed by atoms with Crippen LogP contribution in [0.5, 0.6) is 11.5 Å². The number of hydrogen-bond acceptors (Lipinski definition) is 8. The van der Waals surface area contributed by atoms with E-state index in [-0.39, 0.29) is 22.4 Å². The minimum Gasteiger partial charge on any atom is -0.490 e. The molecule has 0 fully saturated rings. The molecule has 0 spiro atoms. The summed E-state index contributed by atoms with van der Waals surface area (Å²) < 4.78 is 42.1. The largest absolute Gasteiger partial charge is 0.490 e. The Hall–Kier alpha value is -3.44. The van der Waals surface area contributed by atoms with Crippen LogP contribution in [0.1, 0.15) is 24.2 Å². The number of rotatable bonds is 9. The minimum atomic E-state index is -3.58. The van der Waals surface area contributed by atoms with Crippen molar-refractivity contribution < 1.29 is 27.1 Å². The second kappa shape index (κ2) is 9.79. The zero-order valence-electron chi connectivity index (χ0n) is 18.2. The highest BCUT2D eigenvalue weighted by atomic mass is 32.2. The molecule has 1 N–H and O–H groups in total. The lowest BCUT2D eigenvalue weighted by atomic mass is 10.2. The van der Waals surface area contributed by atoms with Crippen molar-refractivity contribution in [1.29, 1.82) is 0 Å². The van der Waals surface area contributed by atoms with E-state index in [0.717, 1.165) is 4.31 Å². The molecule has 0 aliphatic rings. The van der Waals surface area contributed by atoms with E-state index in [2.05, 4.69) is 15.5 Å². The van der Waals surface area contributed by atoms with Crippen molar-refractivity contribution in [3.8, 4) is 23.0 Å². The van der Waals surface area contributed by atoms with Gasteiger partial charge in [0.1, 0.15) is 0 Å². The molecule has 32 heavy (non-hydrogen) atoms. The van der Waals surface area contributed by atoms with Crippen LogP contribution >= 0.6 is 0 Å². The van der Waals surface area contributed by atoms with Crippen molar-refractivity contribution in [3.05, 3.63) is 48.0 Å². The Balaban J connectivity index is 1.75. The first-order valence-corrected chi connectivity index (χ1v) is 11.3. The van der Waals surface area contributed by atoms with Crippen LogP contribution in [0.15, 0.2) is 51.8 Å². The van der Waals surface area contributed by atoms with Gasteiger partial charge in [-0.25, -0.2) is 12.7 Å². The maximum absolute atomic E-state index is 12.5. The summed E-state index contributed by atoms with van der Waals surface area (Å²) in [6, 6.07) is 10.6. The molecule has 1 amide bonds. The van der Waals surface area contributed by atoms with E-state index in [0.29, 0.717) is 30.3 Å². The van der Waals surface area contributed by atoms with Gasteiger partial charge in [-0.15, -0.1) is 5.10 Å². The van der Waals surface area contributed by atoms with Gasteiger partial charge >= 0.3 is 6.01 Å². The predicted octanol–water partition coefficient (Wildman–Crippen LogP) is 3.04. The fourth-order valence-electron chi connectivity index (χ4n) is 2.73. The summed E-state index contributed by atoms with van der Waals surface area (Å²) in [4.78, 5) is 12.6. The quantitative estimate of drug-likeness (QED) is 0.517. The van der Waals surface area contributed by atoms with Crippen LogP contribution in [0.4, 0.5) is 6.01 Å². The van der Waals surface area contributed by atoms with Crippen LogP contribution < -0.4 is 14.8 Å². The summed E-state index contributed by atoms with van der Waals surface area (Å²) in [7, 11) is -0.708. The fourth-order valence-corrected chi connectivity index (χ4v) is 3.63. The molecule has 0 aliphatic carbocycles. The molecule has 0 bridgehead atoms. The Morgan fingerprint density at radius 3 is 2.28 bits per heavy atom. The molecule has 2 aromatic carbocycles. The lowest BCUT2D eigenvalue weighted by Crippen LogP contribution is -2.22. The topological polar surface area (TPSA) is 124 Å². The van der Waals surface area contributed by atoms with Gasteiger partial charge in [-0.3, -0.25) is 10.1 Å². The lowest BCUT2D eigenvalue weighted by Gasteiger charge is -2.11. The van der Waals surface area contributed by atoms with Gasteiger partial charge in [0.25, 0.3) is 5.91 Å². The molecule has 1 heterocycles. The maximum atomic E-state index is 12.5. The molecule has 0 saturated heterocycles. The molecule has 0 atom stereocenters. The van der Waals surface area contributed by atoms with E-state index in [1.165, 1.54) is 38.4 Å². The number of hydrogen-bond donors (Lipinski definition) is 1. The van der Waals surface area contributed by atoms with E-state index in [9.17, 15) is 13.2 Å². The van der Waals surface area contributed by atoms with Gasteiger partial charge in [-0.1, -0.05) is 5.10 Å². The van der Waals surface area contributed by atoms with Crippen LogP contribution in [0.3, 0.4) is 0 Å². The van der Waals surface area contributed by atoms with Crippen molar-refractivity contribution in [3.63, 3.8) is 0 Å². The third-order valence-electron chi connectivity index (χ3n) is 4.33. The average Bonchev–Trinajstić information content (AvgIpc) is 3.23. The van der Waals surface area contributed by atoms with Crippen molar-refractivity contribution in [2.75, 3.05) is 32.6 Å². The summed E-state index contributed by atoms with van der Waals surface area (Å²) in [5.41, 5.74) is 0.838. The molecule has 0 unspecified atom stereocenters. The molecule has 0 saturated carbocycles. The molecular weight excluding hydrogens is 436 g/mol. The fraction of sp³-hybridized carbons (Fsp3) is 0.286. The monoisotopic (exact) mass is 460 g/mol. The minimum absolute atomic E-state index is 0.0831. The summed E-state index contributed by atoms with van der Waals surface area (Å²) in [5.74, 6) is 0.821. The number of aromatic nitrogens is 2. The number of carbonyl (C=O) groups is 1. The molecule has 170 valence electrons. The standard InChI is InChI=1S/C21H24N4O6S/c1-5-29-17-12-9-15(13-18(17)30-6-2)20-23-24-21(31-20)22-19(26)14-7-10-16(11-8-14)32(27,28)25(3)4/h7-13H,5-6H2,1-4H3,(H,22,24,26). The van der Waals surface area contributed by atoms with E-state index >= 15 is 0 Å². The Bertz CT molecular complexity index is 1190. The highest BCUT2D eigenvalue weighted by Gasteiger charge is 2.19. The Kier molecular flexibility index (Phi) is 7.11. The number of benzene rings is 2. The molecular formula is C21H24N4O6S. The van der Waals surface area contributed by atoms with Crippen LogP contribution in [0, 0.1) is 0 Å². The van der Waals surface area contributed by atoms with Gasteiger partial charge < -0.3 is 13.9 Å². The number of nitrogens with one attached hydrogen (secondary N) is 1. The summed E-state index contributed by atoms with van der Waals surface area (Å²) in [5, 5.41) is 10.3. The number of anilines is 1. The second-order valence-corrected chi connectivity index (χ2v) is 8.86. The zero-order valence-corrected chi connectivity index (χ0v) is 19.0. The smallest absolute Gasteiger partial charge is 0.322 e. The Morgan fingerprint density at radius 1 is 1.00 bits per heavy atom. The summed E-state index contributed by atoms with van der Waals surface area (Å²) >= 11 is 0. The second-order valence-electron chi connectivity index (χ2n) is 6.71. The molecule has 0 aliphatic heterocycles. The van der Waals surface area contributed by atoms with E-state index in [4.69, 9.17) is 13.9 Å². The van der Waals surface area contributed by atoms with Gasteiger partial charge in [-0.05, 0) is 56.3 Å². The van der Waals surface area contributed by atoms with Crippen LogP contribution in [-0.4, -0.2) is 56.1 Å². The number of sulfonamides is 1. The van der Waals surface area contributed by atoms with Gasteiger partial charge in [0.2, 0.25) is 15.9 Å². The van der Waals surface area contributed by atoms with Crippen molar-refractivity contribution in [2.45, 2.75) is 18.7 Å². The maximum Gasteiger partial charge on any atom is 0.322 e. The van der Waals surface area contributed by atoms with Gasteiger partial charge in [-0.2, -0.15) is 0 Å². The molecule has 3 rings (SSSR count). The number of amides is 1. The first-order valence-electron chi connectivity index (χ1n) is 9.83. The molecule has 11 heteroatoms. The van der Waals surface area contributed by atoms with Crippen molar-refractivity contribution in [1.82, 2.24) is 14.5 Å². The SMILES string of the molecule is CCOc1ccc(-c2nnc(NC(=O)c3ccc(S(=O)(=O)N(C)C)cc3)o2)cc1OCC. The van der Waals surface area contributed by atoms with Crippen LogP contribution in [0.25, 0.3) is 11.5 Å². The first-order chi connectivity index (χ1) is 15.3. The van der Waals surface area contributed by atoms with Crippen LogP contribution in [0.2, 0.25) is 0 Å². The zero-order chi connectivity index (χ0) is 23.3. The molecule has 10 nitrogen and oxygen atoms in total. The van der Waals surface area contributed by atoms with Crippen molar-refractivity contribution >= 4 is 21.9 Å². The molecule has 0 radical (unpaired) electrons. The average molecular weight is 461 g/mol. The lowest BCUT2D eigenvalue weighted by molar-refractivity contribution is 0.102. The third-order valence-corrected chi connectivity index (χ3v) is 6.16. The van der Waals surface area contributed by atoms with E-state index in [1.807, 2.05) is 13.8 Å². The van der Waals surface area contributed by atoms with E-state index in [1.54, 1.807) is 18.2 Å². The Labute approximate surface area is 186 Å². The third kappa shape index (κ3) is 5.06. The summed E-state index contributed by atoms with van der Waals surface area (Å²) in [6.45, 7) is 4.71. The molecule has 3 aromatic rings. The normalized spacial score (nSPS) is 11.4. The number of carbonyl (C=O) groups excluding carboxylic acids is 1. The van der Waals surface area contributed by atoms with Crippen LogP contribution in [-0.2, 0) is 10.0 Å². The van der Waals surface area contributed by atoms with Gasteiger partial charge in [0, 0.05) is 25.2 Å².